The van der Waals surface area contributed by atoms with Gasteiger partial charge in [-0.2, -0.15) is 0 Å². The van der Waals surface area contributed by atoms with Crippen LogP contribution in [-0.2, 0) is 10.0 Å². The number of hydrogen-bond acceptors (Lipinski definition) is 4. The van der Waals surface area contributed by atoms with Crippen molar-refractivity contribution in [1.82, 2.24) is 9.88 Å². The van der Waals surface area contributed by atoms with E-state index in [-0.39, 0.29) is 22.1 Å². The molecule has 3 aromatic rings. The van der Waals surface area contributed by atoms with Crippen LogP contribution in [0.3, 0.4) is 0 Å². The van der Waals surface area contributed by atoms with Gasteiger partial charge in [0, 0.05) is 36.7 Å². The van der Waals surface area contributed by atoms with Gasteiger partial charge in [0.2, 0.25) is 0 Å². The summed E-state index contributed by atoms with van der Waals surface area (Å²) in [5.41, 5.74) is 0.249. The van der Waals surface area contributed by atoms with Gasteiger partial charge in [0.05, 0.1) is 11.2 Å². The lowest BCUT2D eigenvalue weighted by Gasteiger charge is -2.30. The van der Waals surface area contributed by atoms with Gasteiger partial charge in [0.1, 0.15) is 10.7 Å². The number of pyridine rings is 1. The fraction of sp³-hybridized carbons (Fsp3) is 0.105. The highest BCUT2D eigenvalue weighted by molar-refractivity contribution is 7.93. The van der Waals surface area contributed by atoms with E-state index in [1.54, 1.807) is 29.2 Å². The molecule has 1 amide bonds. The van der Waals surface area contributed by atoms with Crippen molar-refractivity contribution in [3.05, 3.63) is 72.5 Å². The van der Waals surface area contributed by atoms with E-state index in [4.69, 9.17) is 0 Å². The minimum Gasteiger partial charge on any atom is -0.338 e. The summed E-state index contributed by atoms with van der Waals surface area (Å²) in [5, 5.41) is 0.660. The molecule has 1 fully saturated rings. The highest BCUT2D eigenvalue weighted by atomic mass is 32.2. The number of likely N-dealkylation sites (tertiary alicyclic amines) is 1. The number of anilines is 1. The summed E-state index contributed by atoms with van der Waals surface area (Å²) in [7, 11) is -4.06. The van der Waals surface area contributed by atoms with Crippen LogP contribution in [0.5, 0.6) is 0 Å². The lowest BCUT2D eigenvalue weighted by atomic mass is 10.1. The van der Waals surface area contributed by atoms with Crippen molar-refractivity contribution >= 4 is 32.5 Å². The van der Waals surface area contributed by atoms with Crippen molar-refractivity contribution in [2.75, 3.05) is 17.8 Å². The van der Waals surface area contributed by atoms with Crippen LogP contribution >= 0.6 is 0 Å². The van der Waals surface area contributed by atoms with Crippen molar-refractivity contribution < 1.29 is 17.6 Å². The number of rotatable bonds is 4. The molecule has 0 bridgehead atoms. The molecule has 1 radical (unpaired) electrons. The third-order valence-corrected chi connectivity index (χ3v) is 5.73. The number of hydrogen-bond donors (Lipinski definition) is 1. The number of fused-ring (bicyclic) bond motifs is 1. The Labute approximate surface area is 155 Å². The van der Waals surface area contributed by atoms with Crippen LogP contribution in [0.4, 0.5) is 10.1 Å². The lowest BCUT2D eigenvalue weighted by molar-refractivity contribution is 0.0721. The predicted octanol–water partition coefficient (Wildman–Crippen LogP) is 2.83. The number of carbonyl (C=O) groups is 1. The highest BCUT2D eigenvalue weighted by Crippen LogP contribution is 2.25. The molecule has 0 aliphatic carbocycles. The molecule has 1 aliphatic rings. The topological polar surface area (TPSA) is 79.4 Å². The summed E-state index contributed by atoms with van der Waals surface area (Å²) < 4.78 is 42.2. The Bertz CT molecular complexity index is 1140. The Morgan fingerprint density at radius 3 is 2.59 bits per heavy atom. The van der Waals surface area contributed by atoms with Crippen molar-refractivity contribution in [1.29, 1.82) is 0 Å². The first-order valence-electron chi connectivity index (χ1n) is 8.23. The third kappa shape index (κ3) is 3.23. The second kappa shape index (κ2) is 6.62. The second-order valence-electron chi connectivity index (χ2n) is 6.13. The molecule has 2 heterocycles. The van der Waals surface area contributed by atoms with E-state index in [0.29, 0.717) is 24.0 Å². The Kier molecular flexibility index (Phi) is 4.27. The van der Waals surface area contributed by atoms with E-state index >= 15 is 0 Å². The average molecular weight is 384 g/mol. The molecule has 1 saturated heterocycles. The van der Waals surface area contributed by atoms with Gasteiger partial charge in [-0.15, -0.1) is 0 Å². The van der Waals surface area contributed by atoms with E-state index in [1.807, 2.05) is 6.42 Å². The molecule has 137 valence electrons. The number of nitrogens with zero attached hydrogens (tertiary/aromatic N) is 2. The van der Waals surface area contributed by atoms with Gasteiger partial charge in [-0.3, -0.25) is 14.5 Å². The maximum absolute atomic E-state index is 14.4. The summed E-state index contributed by atoms with van der Waals surface area (Å²) in [6, 6.07) is 11.9. The minimum absolute atomic E-state index is 0.0451. The van der Waals surface area contributed by atoms with Crippen LogP contribution in [0.2, 0.25) is 0 Å². The Morgan fingerprint density at radius 1 is 1.11 bits per heavy atom. The van der Waals surface area contributed by atoms with Gasteiger partial charge in [-0.25, -0.2) is 12.8 Å². The maximum atomic E-state index is 14.4. The zero-order valence-electron chi connectivity index (χ0n) is 14.1. The Balaban J connectivity index is 1.65. The number of sulfonamides is 1. The summed E-state index contributed by atoms with van der Waals surface area (Å²) in [5.74, 6) is -1.11. The zero-order valence-corrected chi connectivity index (χ0v) is 14.9. The first-order chi connectivity index (χ1) is 13.0. The molecule has 0 spiro atoms. The predicted molar refractivity (Wildman–Crippen MR) is 99.2 cm³/mol. The zero-order chi connectivity index (χ0) is 19.0. The Hall–Kier alpha value is -3.00. The largest absolute Gasteiger partial charge is 0.338 e. The number of nitrogens with one attached hydrogen (secondary N) is 1. The van der Waals surface area contributed by atoms with Crippen molar-refractivity contribution in [2.24, 2.45) is 0 Å². The highest BCUT2D eigenvalue weighted by Gasteiger charge is 2.24. The number of amides is 1. The smallest absolute Gasteiger partial charge is 0.264 e. The summed E-state index contributed by atoms with van der Waals surface area (Å²) in [6.07, 6.45) is 3.42. The molecule has 1 N–H and O–H groups in total. The molecular weight excluding hydrogens is 369 g/mol. The molecular formula is C19H15FN3O3S. The van der Waals surface area contributed by atoms with E-state index in [9.17, 15) is 17.6 Å². The molecule has 6 nitrogen and oxygen atoms in total. The average Bonchev–Trinajstić information content (AvgIpc) is 2.61. The molecule has 0 saturated carbocycles. The van der Waals surface area contributed by atoms with Gasteiger partial charge in [0.25, 0.3) is 15.9 Å². The fourth-order valence-corrected chi connectivity index (χ4v) is 4.08. The van der Waals surface area contributed by atoms with Crippen molar-refractivity contribution in [2.45, 2.75) is 4.90 Å². The first-order valence-corrected chi connectivity index (χ1v) is 9.71. The van der Waals surface area contributed by atoms with Crippen LogP contribution in [0, 0.1) is 12.2 Å². The molecule has 0 atom stereocenters. The van der Waals surface area contributed by atoms with Crippen LogP contribution in [0.25, 0.3) is 10.9 Å². The fourth-order valence-electron chi connectivity index (χ4n) is 2.83. The van der Waals surface area contributed by atoms with Gasteiger partial charge < -0.3 is 4.90 Å². The van der Waals surface area contributed by atoms with Crippen LogP contribution < -0.4 is 4.72 Å². The summed E-state index contributed by atoms with van der Waals surface area (Å²) in [6.45, 7) is 1.06. The number of para-hydroxylation sites is 1. The van der Waals surface area contributed by atoms with Gasteiger partial charge in [-0.05, 0) is 30.3 Å². The van der Waals surface area contributed by atoms with Crippen LogP contribution in [0.15, 0.2) is 59.6 Å². The van der Waals surface area contributed by atoms with E-state index in [0.717, 1.165) is 6.07 Å². The van der Waals surface area contributed by atoms with E-state index in [2.05, 4.69) is 9.71 Å². The standard InChI is InChI=1S/C19H15FN3O3S/c20-15-12-14(19(24)23-10-3-11-23)7-8-16(15)22-27(25,26)17-6-1-4-13-5-2-9-21-18(13)17/h1-9,12,22H,10-11H2. The number of benzene rings is 2. The molecule has 27 heavy (non-hydrogen) atoms. The molecule has 2 aromatic carbocycles. The number of aromatic nitrogens is 1. The molecule has 1 aliphatic heterocycles. The first kappa shape index (κ1) is 17.4. The van der Waals surface area contributed by atoms with Crippen LogP contribution in [-0.4, -0.2) is 37.3 Å². The monoisotopic (exact) mass is 384 g/mol. The molecule has 4 rings (SSSR count). The van der Waals surface area contributed by atoms with E-state index < -0.39 is 15.8 Å². The van der Waals surface area contributed by atoms with Gasteiger partial charge >= 0.3 is 0 Å². The summed E-state index contributed by atoms with van der Waals surface area (Å²) in [4.78, 5) is 17.8. The molecule has 1 aromatic heterocycles. The van der Waals surface area contributed by atoms with E-state index in [1.165, 1.54) is 24.4 Å². The molecule has 8 heteroatoms. The SMILES string of the molecule is O=C(c1ccc(NS(=O)(=O)c2cccc3cccnc23)c(F)c1)N1C[CH]C1. The van der Waals surface area contributed by atoms with Gasteiger partial charge in [0.15, 0.2) is 0 Å². The Morgan fingerprint density at radius 2 is 1.89 bits per heavy atom. The second-order valence-corrected chi connectivity index (χ2v) is 7.78. The quantitative estimate of drug-likeness (QED) is 0.750. The lowest BCUT2D eigenvalue weighted by Crippen LogP contribution is -2.42. The molecule has 0 unspecified atom stereocenters. The number of halogens is 1. The van der Waals surface area contributed by atoms with Gasteiger partial charge in [-0.1, -0.05) is 18.2 Å². The van der Waals surface area contributed by atoms with Crippen molar-refractivity contribution in [3.63, 3.8) is 0 Å². The van der Waals surface area contributed by atoms with Crippen LogP contribution in [0.1, 0.15) is 10.4 Å². The number of carbonyl (C=O) groups excluding carboxylic acids is 1. The summed E-state index contributed by atoms with van der Waals surface area (Å²) >= 11 is 0. The van der Waals surface area contributed by atoms with Crippen molar-refractivity contribution in [3.8, 4) is 0 Å². The third-order valence-electron chi connectivity index (χ3n) is 4.33. The maximum Gasteiger partial charge on any atom is 0.264 e. The normalized spacial score (nSPS) is 14.0. The minimum atomic E-state index is -4.06.